The molecule has 0 unspecified atom stereocenters. The van der Waals surface area contributed by atoms with Crippen LogP contribution in [-0.2, 0) is 0 Å². The number of aromatic nitrogens is 1. The van der Waals surface area contributed by atoms with E-state index >= 15 is 0 Å². The molecule has 1 amide bonds. The number of nitrogens with zero attached hydrogens (tertiary/aromatic N) is 2. The number of fused-ring (bicyclic) bond motifs is 1. The molecule has 28 heavy (non-hydrogen) atoms. The van der Waals surface area contributed by atoms with E-state index in [1.54, 1.807) is 0 Å². The summed E-state index contributed by atoms with van der Waals surface area (Å²) in [5.74, 6) is -1.00. The van der Waals surface area contributed by atoms with Crippen molar-refractivity contribution in [3.8, 4) is 0 Å². The third kappa shape index (κ3) is 3.91. The van der Waals surface area contributed by atoms with E-state index in [4.69, 9.17) is 4.42 Å². The molecule has 8 heteroatoms. The van der Waals surface area contributed by atoms with Gasteiger partial charge in [-0.05, 0) is 36.4 Å². The lowest BCUT2D eigenvalue weighted by atomic mass is 10.2. The molecule has 1 saturated heterocycles. The van der Waals surface area contributed by atoms with Gasteiger partial charge in [0.25, 0.3) is 5.91 Å². The van der Waals surface area contributed by atoms with Crippen LogP contribution in [0.4, 0.5) is 10.1 Å². The highest BCUT2D eigenvalue weighted by atomic mass is 19.1. The summed E-state index contributed by atoms with van der Waals surface area (Å²) in [6.07, 6.45) is 0. The van der Waals surface area contributed by atoms with Gasteiger partial charge in [-0.3, -0.25) is 14.7 Å². The Hall–Kier alpha value is -3.13. The second-order valence-corrected chi connectivity index (χ2v) is 6.76. The van der Waals surface area contributed by atoms with E-state index in [9.17, 15) is 14.0 Å². The first kappa shape index (κ1) is 18.2. The van der Waals surface area contributed by atoms with Crippen LogP contribution in [-0.4, -0.2) is 55.1 Å². The maximum Gasteiger partial charge on any atom is 0.417 e. The van der Waals surface area contributed by atoms with Crippen LogP contribution in [0.5, 0.6) is 0 Å². The number of halogens is 1. The third-order valence-corrected chi connectivity index (χ3v) is 4.96. The third-order valence-electron chi connectivity index (χ3n) is 4.96. The van der Waals surface area contributed by atoms with Crippen LogP contribution >= 0.6 is 0 Å². The maximum absolute atomic E-state index is 12.9. The molecule has 1 fully saturated rings. The molecular formula is C20H21FN4O3. The van der Waals surface area contributed by atoms with Gasteiger partial charge in [-0.1, -0.05) is 6.07 Å². The maximum atomic E-state index is 12.9. The largest absolute Gasteiger partial charge is 0.417 e. The van der Waals surface area contributed by atoms with E-state index in [1.807, 2.05) is 18.2 Å². The number of para-hydroxylation sites is 1. The average molecular weight is 384 g/mol. The molecule has 3 aromatic rings. The van der Waals surface area contributed by atoms with Crippen molar-refractivity contribution in [2.75, 3.05) is 44.2 Å². The summed E-state index contributed by atoms with van der Waals surface area (Å²) < 4.78 is 18.2. The number of piperazine rings is 1. The lowest BCUT2D eigenvalue weighted by Gasteiger charge is -2.35. The van der Waals surface area contributed by atoms with Crippen LogP contribution in [0, 0.1) is 5.82 Å². The second kappa shape index (κ2) is 7.85. The van der Waals surface area contributed by atoms with Crippen LogP contribution in [0.1, 0.15) is 10.4 Å². The van der Waals surface area contributed by atoms with E-state index < -0.39 is 5.76 Å². The number of hydrogen-bond acceptors (Lipinski definition) is 5. The Morgan fingerprint density at radius 1 is 1.11 bits per heavy atom. The fourth-order valence-corrected chi connectivity index (χ4v) is 3.45. The molecule has 2 aromatic carbocycles. The van der Waals surface area contributed by atoms with E-state index in [0.717, 1.165) is 38.4 Å². The molecule has 0 bridgehead atoms. The zero-order valence-electron chi connectivity index (χ0n) is 15.3. The molecule has 7 nitrogen and oxygen atoms in total. The van der Waals surface area contributed by atoms with Gasteiger partial charge in [0.1, 0.15) is 5.82 Å². The molecule has 2 heterocycles. The normalized spacial score (nSPS) is 15.1. The number of anilines is 1. The number of rotatable bonds is 5. The van der Waals surface area contributed by atoms with Gasteiger partial charge in [0.2, 0.25) is 0 Å². The van der Waals surface area contributed by atoms with Gasteiger partial charge in [0, 0.05) is 44.8 Å². The van der Waals surface area contributed by atoms with Gasteiger partial charge in [-0.25, -0.2) is 9.18 Å². The Labute approximate surface area is 160 Å². The number of amides is 1. The molecule has 0 aliphatic carbocycles. The molecule has 2 N–H and O–H groups in total. The van der Waals surface area contributed by atoms with Crippen molar-refractivity contribution in [3.05, 3.63) is 64.4 Å². The molecular weight excluding hydrogens is 363 g/mol. The summed E-state index contributed by atoms with van der Waals surface area (Å²) >= 11 is 0. The SMILES string of the molecule is O=C(NCCN1CCN(c2cccc3[nH]c(=O)oc23)CC1)c1ccc(F)cc1. The van der Waals surface area contributed by atoms with E-state index in [2.05, 4.69) is 20.1 Å². The van der Waals surface area contributed by atoms with Crippen LogP contribution in [0.3, 0.4) is 0 Å². The Morgan fingerprint density at radius 3 is 2.61 bits per heavy atom. The van der Waals surface area contributed by atoms with Crippen LogP contribution in [0.15, 0.2) is 51.7 Å². The quantitative estimate of drug-likeness (QED) is 0.701. The van der Waals surface area contributed by atoms with Gasteiger partial charge >= 0.3 is 5.76 Å². The summed E-state index contributed by atoms with van der Waals surface area (Å²) in [6.45, 7) is 4.57. The minimum absolute atomic E-state index is 0.201. The Kier molecular flexibility index (Phi) is 5.12. The Morgan fingerprint density at radius 2 is 1.86 bits per heavy atom. The number of H-pyrrole nitrogens is 1. The molecule has 0 saturated carbocycles. The standard InChI is InChI=1S/C20H21FN4O3/c21-15-6-4-14(5-7-15)19(26)22-8-9-24-10-12-25(13-11-24)17-3-1-2-16-18(17)28-20(27)23-16/h1-7H,8-13H2,(H,22,26)(H,23,27). The highest BCUT2D eigenvalue weighted by Crippen LogP contribution is 2.25. The first-order valence-corrected chi connectivity index (χ1v) is 9.23. The predicted molar refractivity (Wildman–Crippen MR) is 104 cm³/mol. The summed E-state index contributed by atoms with van der Waals surface area (Å²) in [7, 11) is 0. The number of oxazole rings is 1. The molecule has 0 spiro atoms. The van der Waals surface area contributed by atoms with E-state index in [1.165, 1.54) is 24.3 Å². The van der Waals surface area contributed by atoms with Crippen molar-refractivity contribution in [1.29, 1.82) is 0 Å². The number of benzene rings is 2. The number of carbonyl (C=O) groups is 1. The summed E-state index contributed by atoms with van der Waals surface area (Å²) in [5, 5.41) is 2.87. The van der Waals surface area contributed by atoms with Crippen molar-refractivity contribution >= 4 is 22.7 Å². The van der Waals surface area contributed by atoms with Crippen molar-refractivity contribution < 1.29 is 13.6 Å². The highest BCUT2D eigenvalue weighted by Gasteiger charge is 2.20. The first-order valence-electron chi connectivity index (χ1n) is 9.23. The van der Waals surface area contributed by atoms with Crippen molar-refractivity contribution in [2.45, 2.75) is 0 Å². The summed E-state index contributed by atoms with van der Waals surface area (Å²) in [4.78, 5) is 30.7. The van der Waals surface area contributed by atoms with E-state index in [-0.39, 0.29) is 11.7 Å². The second-order valence-electron chi connectivity index (χ2n) is 6.76. The number of aromatic amines is 1. The lowest BCUT2D eigenvalue weighted by Crippen LogP contribution is -2.48. The fraction of sp³-hybridized carbons (Fsp3) is 0.300. The Balaban J connectivity index is 1.28. The van der Waals surface area contributed by atoms with Gasteiger partial charge in [-0.15, -0.1) is 0 Å². The topological polar surface area (TPSA) is 81.6 Å². The highest BCUT2D eigenvalue weighted by molar-refractivity contribution is 5.94. The van der Waals surface area contributed by atoms with Crippen LogP contribution < -0.4 is 16.0 Å². The molecule has 4 rings (SSSR count). The molecule has 0 atom stereocenters. The molecule has 146 valence electrons. The minimum Gasteiger partial charge on any atom is -0.406 e. The van der Waals surface area contributed by atoms with E-state index in [0.29, 0.717) is 23.2 Å². The summed E-state index contributed by atoms with van der Waals surface area (Å²) in [6, 6.07) is 11.2. The smallest absolute Gasteiger partial charge is 0.406 e. The molecule has 1 aliphatic heterocycles. The monoisotopic (exact) mass is 384 g/mol. The fourth-order valence-electron chi connectivity index (χ4n) is 3.45. The molecule has 1 aromatic heterocycles. The zero-order chi connectivity index (χ0) is 19.5. The van der Waals surface area contributed by atoms with Crippen LogP contribution in [0.25, 0.3) is 11.1 Å². The summed E-state index contributed by atoms with van der Waals surface area (Å²) in [5.41, 5.74) is 2.66. The molecule has 1 aliphatic rings. The van der Waals surface area contributed by atoms with Crippen LogP contribution in [0.2, 0.25) is 0 Å². The number of carbonyl (C=O) groups excluding carboxylic acids is 1. The lowest BCUT2D eigenvalue weighted by molar-refractivity contribution is 0.0947. The molecule has 0 radical (unpaired) electrons. The van der Waals surface area contributed by atoms with Gasteiger partial charge in [0.05, 0.1) is 11.2 Å². The van der Waals surface area contributed by atoms with Crippen molar-refractivity contribution in [3.63, 3.8) is 0 Å². The predicted octanol–water partition coefficient (Wildman–Crippen LogP) is 1.81. The van der Waals surface area contributed by atoms with Crippen molar-refractivity contribution in [2.24, 2.45) is 0 Å². The first-order chi connectivity index (χ1) is 13.6. The van der Waals surface area contributed by atoms with Gasteiger partial charge < -0.3 is 14.6 Å². The average Bonchev–Trinajstić information content (AvgIpc) is 3.09. The van der Waals surface area contributed by atoms with Crippen molar-refractivity contribution in [1.82, 2.24) is 15.2 Å². The zero-order valence-corrected chi connectivity index (χ0v) is 15.3. The minimum atomic E-state index is -0.446. The van der Waals surface area contributed by atoms with Gasteiger partial charge in [-0.2, -0.15) is 0 Å². The Bertz CT molecular complexity index is 1020. The number of nitrogens with one attached hydrogen (secondary N) is 2. The van der Waals surface area contributed by atoms with Gasteiger partial charge in [0.15, 0.2) is 5.58 Å². The number of hydrogen-bond donors (Lipinski definition) is 2.